The third kappa shape index (κ3) is 4.01. The summed E-state index contributed by atoms with van der Waals surface area (Å²) >= 11 is 1.53. The minimum absolute atomic E-state index is 0.0191. The first-order valence-corrected chi connectivity index (χ1v) is 7.44. The van der Waals surface area contributed by atoms with E-state index in [9.17, 15) is 14.9 Å². The van der Waals surface area contributed by atoms with Crippen LogP contribution in [0.5, 0.6) is 5.75 Å². The van der Waals surface area contributed by atoms with Gasteiger partial charge in [0.2, 0.25) is 5.75 Å². The first-order chi connectivity index (χ1) is 10.5. The Bertz CT molecular complexity index is 673. The molecule has 0 bridgehead atoms. The molecule has 0 spiro atoms. The number of aryl methyl sites for hydroxylation is 1. The molecule has 0 aromatic carbocycles. The van der Waals surface area contributed by atoms with Crippen molar-refractivity contribution in [1.82, 2.24) is 10.3 Å². The second-order valence-electron chi connectivity index (χ2n) is 4.59. The van der Waals surface area contributed by atoms with Gasteiger partial charge in [-0.05, 0) is 40.4 Å². The zero-order valence-corrected chi connectivity index (χ0v) is 12.9. The minimum atomic E-state index is -0.858. The van der Waals surface area contributed by atoms with Crippen molar-refractivity contribution in [1.29, 1.82) is 0 Å². The molecule has 22 heavy (non-hydrogen) atoms. The summed E-state index contributed by atoms with van der Waals surface area (Å²) < 4.78 is 5.38. The van der Waals surface area contributed by atoms with Gasteiger partial charge in [-0.15, -0.1) is 11.3 Å². The summed E-state index contributed by atoms with van der Waals surface area (Å²) in [5, 5.41) is 15.6. The SMILES string of the molecule is Cc1ccc(O[C@H](C)C(=O)NCc2cccs2)c([N+](=O)[O-])n1. The van der Waals surface area contributed by atoms with E-state index < -0.39 is 16.8 Å². The van der Waals surface area contributed by atoms with Gasteiger partial charge in [-0.3, -0.25) is 4.79 Å². The molecule has 2 heterocycles. The monoisotopic (exact) mass is 321 g/mol. The largest absolute Gasteiger partial charge is 0.473 e. The van der Waals surface area contributed by atoms with Crippen LogP contribution >= 0.6 is 11.3 Å². The van der Waals surface area contributed by atoms with E-state index in [2.05, 4.69) is 10.3 Å². The Kier molecular flexibility index (Phi) is 5.05. The lowest BCUT2D eigenvalue weighted by molar-refractivity contribution is -0.390. The van der Waals surface area contributed by atoms with E-state index in [0.29, 0.717) is 12.2 Å². The lowest BCUT2D eigenvalue weighted by Gasteiger charge is -2.14. The molecule has 0 aliphatic rings. The van der Waals surface area contributed by atoms with Crippen LogP contribution in [-0.4, -0.2) is 21.9 Å². The molecule has 1 N–H and O–H groups in total. The molecule has 0 aliphatic heterocycles. The number of rotatable bonds is 6. The number of nitrogens with one attached hydrogen (secondary N) is 1. The predicted molar refractivity (Wildman–Crippen MR) is 81.9 cm³/mol. The summed E-state index contributed by atoms with van der Waals surface area (Å²) in [7, 11) is 0. The maximum absolute atomic E-state index is 12.0. The van der Waals surface area contributed by atoms with Crippen molar-refractivity contribution in [2.75, 3.05) is 0 Å². The van der Waals surface area contributed by atoms with Crippen LogP contribution in [0.3, 0.4) is 0 Å². The van der Waals surface area contributed by atoms with E-state index in [1.54, 1.807) is 13.0 Å². The number of nitro groups is 1. The highest BCUT2D eigenvalue weighted by Crippen LogP contribution is 2.25. The molecule has 8 heteroatoms. The summed E-state index contributed by atoms with van der Waals surface area (Å²) in [5.41, 5.74) is 0.508. The number of carbonyl (C=O) groups excluding carboxylic acids is 1. The molecule has 116 valence electrons. The van der Waals surface area contributed by atoms with E-state index in [1.165, 1.54) is 24.3 Å². The van der Waals surface area contributed by atoms with Crippen LogP contribution in [0.1, 0.15) is 17.5 Å². The van der Waals surface area contributed by atoms with Gasteiger partial charge in [0.1, 0.15) is 5.69 Å². The van der Waals surface area contributed by atoms with Crippen LogP contribution in [0.25, 0.3) is 0 Å². The van der Waals surface area contributed by atoms with Gasteiger partial charge in [0.25, 0.3) is 5.91 Å². The first-order valence-electron chi connectivity index (χ1n) is 6.56. The maximum atomic E-state index is 12.0. The number of ether oxygens (including phenoxy) is 1. The Labute approximate surface area is 131 Å². The first kappa shape index (κ1) is 15.9. The fourth-order valence-electron chi connectivity index (χ4n) is 1.73. The molecule has 2 aromatic rings. The van der Waals surface area contributed by atoms with Crippen molar-refractivity contribution >= 4 is 23.1 Å². The van der Waals surface area contributed by atoms with Crippen molar-refractivity contribution < 1.29 is 14.5 Å². The van der Waals surface area contributed by atoms with Gasteiger partial charge in [0, 0.05) is 11.8 Å². The van der Waals surface area contributed by atoms with Crippen LogP contribution in [-0.2, 0) is 11.3 Å². The fraction of sp³-hybridized carbons (Fsp3) is 0.286. The number of thiophene rings is 1. The molecule has 0 saturated heterocycles. The van der Waals surface area contributed by atoms with Crippen LogP contribution in [0, 0.1) is 17.0 Å². The summed E-state index contributed by atoms with van der Waals surface area (Å²) in [6.07, 6.45) is -0.858. The van der Waals surface area contributed by atoms with Gasteiger partial charge in [-0.2, -0.15) is 0 Å². The van der Waals surface area contributed by atoms with E-state index in [0.717, 1.165) is 4.88 Å². The average Bonchev–Trinajstić information content (AvgIpc) is 2.99. The number of hydrogen-bond donors (Lipinski definition) is 1. The second kappa shape index (κ2) is 6.99. The van der Waals surface area contributed by atoms with E-state index in [1.807, 2.05) is 17.5 Å². The lowest BCUT2D eigenvalue weighted by atomic mass is 10.3. The van der Waals surface area contributed by atoms with Crippen LogP contribution < -0.4 is 10.1 Å². The van der Waals surface area contributed by atoms with Gasteiger partial charge >= 0.3 is 5.82 Å². The number of pyridine rings is 1. The Morgan fingerprint density at radius 2 is 2.27 bits per heavy atom. The molecule has 2 aromatic heterocycles. The van der Waals surface area contributed by atoms with Gasteiger partial charge in [-0.1, -0.05) is 6.07 Å². The maximum Gasteiger partial charge on any atom is 0.406 e. The lowest BCUT2D eigenvalue weighted by Crippen LogP contribution is -2.35. The van der Waals surface area contributed by atoms with E-state index in [4.69, 9.17) is 4.74 Å². The van der Waals surface area contributed by atoms with Crippen molar-refractivity contribution in [2.24, 2.45) is 0 Å². The summed E-state index contributed by atoms with van der Waals surface area (Å²) in [6, 6.07) is 6.85. The number of nitrogens with zero attached hydrogens (tertiary/aromatic N) is 2. The molecule has 1 atom stereocenters. The molecular weight excluding hydrogens is 306 g/mol. The van der Waals surface area contributed by atoms with Gasteiger partial charge in [0.05, 0.1) is 6.54 Å². The summed E-state index contributed by atoms with van der Waals surface area (Å²) in [5.74, 6) is -0.754. The molecule has 0 radical (unpaired) electrons. The summed E-state index contributed by atoms with van der Waals surface area (Å²) in [6.45, 7) is 3.58. The Balaban J connectivity index is 2.00. The van der Waals surface area contributed by atoms with Gasteiger partial charge < -0.3 is 20.2 Å². The predicted octanol–water partition coefficient (Wildman–Crippen LogP) is 2.44. The smallest absolute Gasteiger partial charge is 0.406 e. The zero-order chi connectivity index (χ0) is 16.1. The van der Waals surface area contributed by atoms with Gasteiger partial charge in [0.15, 0.2) is 6.10 Å². The Morgan fingerprint density at radius 3 is 2.91 bits per heavy atom. The normalized spacial score (nSPS) is 11.7. The van der Waals surface area contributed by atoms with Crippen molar-refractivity contribution in [3.05, 3.63) is 50.3 Å². The third-order valence-corrected chi connectivity index (χ3v) is 3.72. The third-order valence-electron chi connectivity index (χ3n) is 2.84. The summed E-state index contributed by atoms with van der Waals surface area (Å²) in [4.78, 5) is 27.1. The molecule has 7 nitrogen and oxygen atoms in total. The van der Waals surface area contributed by atoms with Gasteiger partial charge in [-0.25, -0.2) is 0 Å². The number of hydrogen-bond acceptors (Lipinski definition) is 6. The highest BCUT2D eigenvalue weighted by molar-refractivity contribution is 7.09. The number of amides is 1. The van der Waals surface area contributed by atoms with E-state index in [-0.39, 0.29) is 11.7 Å². The van der Waals surface area contributed by atoms with Crippen LogP contribution in [0.4, 0.5) is 5.82 Å². The number of carbonyl (C=O) groups is 1. The second-order valence-corrected chi connectivity index (χ2v) is 5.62. The average molecular weight is 321 g/mol. The zero-order valence-electron chi connectivity index (χ0n) is 12.1. The van der Waals surface area contributed by atoms with Crippen molar-refractivity contribution in [3.63, 3.8) is 0 Å². The van der Waals surface area contributed by atoms with Crippen molar-refractivity contribution in [2.45, 2.75) is 26.5 Å². The fourth-order valence-corrected chi connectivity index (χ4v) is 2.37. The Morgan fingerprint density at radius 1 is 1.50 bits per heavy atom. The highest BCUT2D eigenvalue weighted by atomic mass is 32.1. The molecular formula is C14H15N3O4S. The minimum Gasteiger partial charge on any atom is -0.473 e. The highest BCUT2D eigenvalue weighted by Gasteiger charge is 2.22. The molecule has 0 unspecified atom stereocenters. The Hall–Kier alpha value is -2.48. The molecule has 2 rings (SSSR count). The van der Waals surface area contributed by atoms with E-state index >= 15 is 0 Å². The molecule has 0 saturated carbocycles. The number of aromatic nitrogens is 1. The topological polar surface area (TPSA) is 94.4 Å². The standard InChI is InChI=1S/C14H15N3O4S/c1-9-5-6-12(13(16-9)17(19)20)21-10(2)14(18)15-8-11-4-3-7-22-11/h3-7,10H,8H2,1-2H3,(H,15,18)/t10-/m1/s1. The molecule has 0 aliphatic carbocycles. The molecule has 1 amide bonds. The molecule has 0 fully saturated rings. The van der Waals surface area contributed by atoms with Crippen LogP contribution in [0.15, 0.2) is 29.6 Å². The quantitative estimate of drug-likeness (QED) is 0.651. The van der Waals surface area contributed by atoms with Crippen LogP contribution in [0.2, 0.25) is 0 Å². The van der Waals surface area contributed by atoms with Crippen molar-refractivity contribution in [3.8, 4) is 5.75 Å².